The van der Waals surface area contributed by atoms with Gasteiger partial charge >= 0.3 is 0 Å². The van der Waals surface area contributed by atoms with Gasteiger partial charge in [0.2, 0.25) is 5.91 Å². The third-order valence-corrected chi connectivity index (χ3v) is 7.21. The van der Waals surface area contributed by atoms with Gasteiger partial charge in [0, 0.05) is 55.2 Å². The fourth-order valence-corrected chi connectivity index (χ4v) is 5.32. The van der Waals surface area contributed by atoms with E-state index < -0.39 is 0 Å². The highest BCUT2D eigenvalue weighted by molar-refractivity contribution is 7.80. The first-order valence-electron chi connectivity index (χ1n) is 12.4. The molecule has 3 aromatic heterocycles. The molecule has 1 fully saturated rings. The lowest BCUT2D eigenvalue weighted by Crippen LogP contribution is -2.32. The Morgan fingerprint density at radius 1 is 1.03 bits per heavy atom. The SMILES string of the molecule is Cc1cc(C2C(c3ccccn3)NC(=S)N2CCC(=O)Nc2ccccc2)c(C)n1Cc1ccncc1. The second kappa shape index (κ2) is 10.9. The minimum Gasteiger partial charge on any atom is -0.352 e. The van der Waals surface area contributed by atoms with Gasteiger partial charge in [0.05, 0.1) is 17.8 Å². The highest BCUT2D eigenvalue weighted by Crippen LogP contribution is 2.41. The number of nitrogens with zero attached hydrogens (tertiary/aromatic N) is 4. The van der Waals surface area contributed by atoms with Crippen molar-refractivity contribution < 1.29 is 4.79 Å². The highest BCUT2D eigenvalue weighted by Gasteiger charge is 2.41. The van der Waals surface area contributed by atoms with Crippen molar-refractivity contribution in [3.05, 3.63) is 114 Å². The average Bonchev–Trinajstić information content (AvgIpc) is 3.39. The van der Waals surface area contributed by atoms with Gasteiger partial charge in [-0.25, -0.2) is 0 Å². The molecule has 4 aromatic rings. The Morgan fingerprint density at radius 2 is 1.78 bits per heavy atom. The molecule has 5 rings (SSSR count). The summed E-state index contributed by atoms with van der Waals surface area (Å²) in [6.45, 7) is 5.54. The topological polar surface area (TPSA) is 75.1 Å². The molecule has 7 nitrogen and oxygen atoms in total. The van der Waals surface area contributed by atoms with Crippen LogP contribution in [0.15, 0.2) is 85.3 Å². The molecule has 0 saturated carbocycles. The molecule has 1 aliphatic heterocycles. The van der Waals surface area contributed by atoms with E-state index in [1.54, 1.807) is 6.20 Å². The number of pyridine rings is 2. The van der Waals surface area contributed by atoms with E-state index in [1.165, 1.54) is 22.5 Å². The number of rotatable bonds is 8. The summed E-state index contributed by atoms with van der Waals surface area (Å²) >= 11 is 5.81. The first kappa shape index (κ1) is 24.6. The Kier molecular flexibility index (Phi) is 7.28. The van der Waals surface area contributed by atoms with E-state index in [1.807, 2.05) is 73.1 Å². The van der Waals surface area contributed by atoms with Crippen molar-refractivity contribution in [2.24, 2.45) is 0 Å². The molecule has 1 amide bonds. The zero-order chi connectivity index (χ0) is 25.8. The minimum absolute atomic E-state index is 0.0443. The molecule has 2 atom stereocenters. The van der Waals surface area contributed by atoms with Gasteiger partial charge in [-0.3, -0.25) is 14.8 Å². The highest BCUT2D eigenvalue weighted by atomic mass is 32.1. The number of para-hydroxylation sites is 1. The molecule has 0 spiro atoms. The van der Waals surface area contributed by atoms with Gasteiger partial charge < -0.3 is 20.1 Å². The fourth-order valence-electron chi connectivity index (χ4n) is 4.99. The lowest BCUT2D eigenvalue weighted by atomic mass is 9.96. The molecule has 2 unspecified atom stereocenters. The third-order valence-electron chi connectivity index (χ3n) is 6.86. The van der Waals surface area contributed by atoms with Gasteiger partial charge in [-0.05, 0) is 79.7 Å². The van der Waals surface area contributed by atoms with Crippen molar-refractivity contribution >= 4 is 28.9 Å². The molecular formula is C29H30N6OS. The molecular weight excluding hydrogens is 480 g/mol. The van der Waals surface area contributed by atoms with Crippen LogP contribution in [0, 0.1) is 13.8 Å². The number of carbonyl (C=O) groups is 1. The summed E-state index contributed by atoms with van der Waals surface area (Å²) in [6, 6.07) is 21.5. The lowest BCUT2D eigenvalue weighted by Gasteiger charge is -2.28. The maximum Gasteiger partial charge on any atom is 0.226 e. The van der Waals surface area contributed by atoms with E-state index in [2.05, 4.69) is 50.0 Å². The second-order valence-electron chi connectivity index (χ2n) is 9.25. The van der Waals surface area contributed by atoms with Crippen LogP contribution in [0.5, 0.6) is 0 Å². The number of thiocarbonyl (C=S) groups is 1. The van der Waals surface area contributed by atoms with Crippen LogP contribution in [-0.2, 0) is 11.3 Å². The van der Waals surface area contributed by atoms with E-state index in [0.717, 1.165) is 17.9 Å². The molecule has 37 heavy (non-hydrogen) atoms. The maximum atomic E-state index is 12.8. The summed E-state index contributed by atoms with van der Waals surface area (Å²) in [5.41, 5.74) is 6.42. The van der Waals surface area contributed by atoms with E-state index in [4.69, 9.17) is 12.2 Å². The van der Waals surface area contributed by atoms with E-state index in [9.17, 15) is 4.79 Å². The maximum absolute atomic E-state index is 12.8. The van der Waals surface area contributed by atoms with Gasteiger partial charge in [0.25, 0.3) is 0 Å². The van der Waals surface area contributed by atoms with Crippen LogP contribution in [0.4, 0.5) is 5.69 Å². The van der Waals surface area contributed by atoms with Crippen molar-refractivity contribution in [1.82, 2.24) is 24.8 Å². The van der Waals surface area contributed by atoms with Crippen LogP contribution in [0.2, 0.25) is 0 Å². The van der Waals surface area contributed by atoms with Crippen molar-refractivity contribution in [3.8, 4) is 0 Å². The zero-order valence-electron chi connectivity index (χ0n) is 21.0. The molecule has 8 heteroatoms. The Labute approximate surface area is 222 Å². The molecule has 2 N–H and O–H groups in total. The van der Waals surface area contributed by atoms with Crippen LogP contribution in [0.25, 0.3) is 0 Å². The van der Waals surface area contributed by atoms with Crippen LogP contribution in [0.1, 0.15) is 46.7 Å². The first-order chi connectivity index (χ1) is 18.0. The number of aromatic nitrogens is 3. The number of aryl methyl sites for hydroxylation is 1. The Hall–Kier alpha value is -4.04. The van der Waals surface area contributed by atoms with Gasteiger partial charge in [-0.15, -0.1) is 0 Å². The van der Waals surface area contributed by atoms with Crippen molar-refractivity contribution in [2.75, 3.05) is 11.9 Å². The van der Waals surface area contributed by atoms with Crippen molar-refractivity contribution in [1.29, 1.82) is 0 Å². The quantitative estimate of drug-likeness (QED) is 0.327. The van der Waals surface area contributed by atoms with Crippen LogP contribution in [0.3, 0.4) is 0 Å². The molecule has 1 aromatic carbocycles. The molecule has 0 radical (unpaired) electrons. The summed E-state index contributed by atoms with van der Waals surface area (Å²) in [6.07, 6.45) is 5.77. The van der Waals surface area contributed by atoms with Gasteiger partial charge in [0.15, 0.2) is 5.11 Å². The first-order valence-corrected chi connectivity index (χ1v) is 12.8. The molecule has 4 heterocycles. The predicted octanol–water partition coefficient (Wildman–Crippen LogP) is 4.94. The van der Waals surface area contributed by atoms with Crippen molar-refractivity contribution in [2.45, 2.75) is 38.9 Å². The van der Waals surface area contributed by atoms with Crippen molar-refractivity contribution in [3.63, 3.8) is 0 Å². The predicted molar refractivity (Wildman–Crippen MR) is 149 cm³/mol. The summed E-state index contributed by atoms with van der Waals surface area (Å²) in [7, 11) is 0. The molecule has 0 aliphatic carbocycles. The smallest absolute Gasteiger partial charge is 0.226 e. The average molecular weight is 511 g/mol. The number of benzene rings is 1. The Balaban J connectivity index is 1.44. The number of hydrogen-bond donors (Lipinski definition) is 2. The molecule has 0 bridgehead atoms. The molecule has 1 aliphatic rings. The lowest BCUT2D eigenvalue weighted by molar-refractivity contribution is -0.116. The Morgan fingerprint density at radius 3 is 2.51 bits per heavy atom. The zero-order valence-corrected chi connectivity index (χ0v) is 21.8. The third kappa shape index (κ3) is 5.39. The summed E-state index contributed by atoms with van der Waals surface area (Å²) in [5, 5.41) is 7.10. The number of carbonyl (C=O) groups excluding carboxylic acids is 1. The molecule has 1 saturated heterocycles. The Bertz CT molecular complexity index is 1370. The van der Waals surface area contributed by atoms with E-state index >= 15 is 0 Å². The second-order valence-corrected chi connectivity index (χ2v) is 9.64. The standard InChI is InChI=1S/C29H30N6OS/c1-20-18-24(21(2)35(20)19-22-11-15-30-16-12-22)28-27(25-10-6-7-14-31-25)33-29(37)34(28)17-13-26(36)32-23-8-4-3-5-9-23/h3-12,14-16,18,27-28H,13,17,19H2,1-2H3,(H,32,36)(H,33,37). The number of amides is 1. The van der Waals surface area contributed by atoms with E-state index in [-0.39, 0.29) is 18.0 Å². The van der Waals surface area contributed by atoms with Crippen LogP contribution >= 0.6 is 12.2 Å². The summed E-state index contributed by atoms with van der Waals surface area (Å²) in [5.74, 6) is -0.0443. The molecule has 188 valence electrons. The number of nitrogens with one attached hydrogen (secondary N) is 2. The van der Waals surface area contributed by atoms with Crippen LogP contribution in [-0.4, -0.2) is 37.0 Å². The summed E-state index contributed by atoms with van der Waals surface area (Å²) in [4.78, 5) is 23.7. The number of anilines is 1. The normalized spacial score (nSPS) is 17.0. The van der Waals surface area contributed by atoms with Crippen LogP contribution < -0.4 is 10.6 Å². The van der Waals surface area contributed by atoms with Gasteiger partial charge in [-0.2, -0.15) is 0 Å². The van der Waals surface area contributed by atoms with Gasteiger partial charge in [0.1, 0.15) is 0 Å². The summed E-state index contributed by atoms with van der Waals surface area (Å²) < 4.78 is 2.32. The minimum atomic E-state index is -0.124. The van der Waals surface area contributed by atoms with E-state index in [0.29, 0.717) is 18.1 Å². The fraction of sp³-hybridized carbons (Fsp3) is 0.241. The number of hydrogen-bond acceptors (Lipinski definition) is 4. The monoisotopic (exact) mass is 510 g/mol. The largest absolute Gasteiger partial charge is 0.352 e. The van der Waals surface area contributed by atoms with Gasteiger partial charge in [-0.1, -0.05) is 24.3 Å².